The molecule has 1 amide bonds. The highest BCUT2D eigenvalue weighted by molar-refractivity contribution is 5.76. The van der Waals surface area contributed by atoms with E-state index < -0.39 is 0 Å². The minimum absolute atomic E-state index is 0.0313. The third kappa shape index (κ3) is 4.51. The van der Waals surface area contributed by atoms with Gasteiger partial charge in [-0.2, -0.15) is 5.10 Å². The minimum Gasteiger partial charge on any atom is -0.354 e. The topological polar surface area (TPSA) is 92.7 Å². The molecule has 0 fully saturated rings. The molecule has 2 aromatic rings. The number of H-pyrrole nitrogens is 1. The van der Waals surface area contributed by atoms with Crippen molar-refractivity contribution in [2.75, 3.05) is 6.54 Å². The molecule has 0 aliphatic rings. The van der Waals surface area contributed by atoms with Gasteiger partial charge in [0.25, 0.3) is 5.56 Å². The van der Waals surface area contributed by atoms with E-state index in [1.54, 1.807) is 0 Å². The summed E-state index contributed by atoms with van der Waals surface area (Å²) in [6.45, 7) is 6.67. The van der Waals surface area contributed by atoms with Gasteiger partial charge in [-0.15, -0.1) is 0 Å². The molecule has 0 saturated carbocycles. The fourth-order valence-corrected chi connectivity index (χ4v) is 2.41. The van der Waals surface area contributed by atoms with E-state index >= 15 is 0 Å². The smallest absolute Gasteiger partial charge is 0.253 e. The van der Waals surface area contributed by atoms with E-state index in [1.807, 2.05) is 20.8 Å². The van der Waals surface area contributed by atoms with E-state index in [4.69, 9.17) is 0 Å². The molecule has 0 radical (unpaired) electrons. The predicted octanol–water partition coefficient (Wildman–Crippen LogP) is 0.895. The van der Waals surface area contributed by atoms with E-state index in [2.05, 4.69) is 20.5 Å². The maximum absolute atomic E-state index is 11.9. The summed E-state index contributed by atoms with van der Waals surface area (Å²) < 4.78 is 1.50. The van der Waals surface area contributed by atoms with E-state index in [1.165, 1.54) is 17.0 Å². The molecule has 7 nitrogen and oxygen atoms in total. The lowest BCUT2D eigenvalue weighted by Gasteiger charge is -2.08. The highest BCUT2D eigenvalue weighted by Gasteiger charge is 2.09. The fourth-order valence-electron chi connectivity index (χ4n) is 2.41. The molecular weight excluding hydrogens is 294 g/mol. The Kier molecular flexibility index (Phi) is 5.67. The number of aromatic amines is 1. The largest absolute Gasteiger partial charge is 0.354 e. The van der Waals surface area contributed by atoms with E-state index in [0.717, 1.165) is 29.1 Å². The molecule has 2 heterocycles. The van der Waals surface area contributed by atoms with Crippen LogP contribution in [0.5, 0.6) is 0 Å². The Morgan fingerprint density at radius 2 is 2.17 bits per heavy atom. The Morgan fingerprint density at radius 3 is 2.78 bits per heavy atom. The number of aryl methyl sites for hydroxylation is 3. The zero-order valence-electron chi connectivity index (χ0n) is 13.8. The van der Waals surface area contributed by atoms with Crippen LogP contribution in [-0.4, -0.2) is 32.2 Å². The number of hydrogen-bond donors (Lipinski definition) is 2. The summed E-state index contributed by atoms with van der Waals surface area (Å²) >= 11 is 0. The molecule has 0 bridgehead atoms. The van der Waals surface area contributed by atoms with Crippen molar-refractivity contribution in [3.05, 3.63) is 45.4 Å². The first-order valence-corrected chi connectivity index (χ1v) is 7.83. The van der Waals surface area contributed by atoms with E-state index in [0.29, 0.717) is 25.9 Å². The van der Waals surface area contributed by atoms with Gasteiger partial charge >= 0.3 is 0 Å². The van der Waals surface area contributed by atoms with Crippen LogP contribution in [0, 0.1) is 13.8 Å². The summed E-state index contributed by atoms with van der Waals surface area (Å²) in [6.07, 6.45) is 3.33. The first-order chi connectivity index (χ1) is 11.0. The average Bonchev–Trinajstić information content (AvgIpc) is 2.85. The molecule has 2 N–H and O–H groups in total. The number of hydrogen-bond acceptors (Lipinski definition) is 4. The third-order valence-electron chi connectivity index (χ3n) is 3.86. The summed E-state index contributed by atoms with van der Waals surface area (Å²) in [5.74, 6) is -0.0313. The average molecular weight is 317 g/mol. The van der Waals surface area contributed by atoms with Gasteiger partial charge in [-0.25, -0.2) is 4.98 Å². The Balaban J connectivity index is 1.78. The predicted molar refractivity (Wildman–Crippen MR) is 87.3 cm³/mol. The zero-order valence-corrected chi connectivity index (χ0v) is 13.8. The van der Waals surface area contributed by atoms with E-state index in [9.17, 15) is 9.59 Å². The van der Waals surface area contributed by atoms with Crippen molar-refractivity contribution < 1.29 is 4.79 Å². The highest BCUT2D eigenvalue weighted by atomic mass is 16.1. The van der Waals surface area contributed by atoms with Crippen molar-refractivity contribution in [3.63, 3.8) is 0 Å². The van der Waals surface area contributed by atoms with Crippen LogP contribution in [0.25, 0.3) is 0 Å². The summed E-state index contributed by atoms with van der Waals surface area (Å²) in [5, 5.41) is 9.86. The van der Waals surface area contributed by atoms with Crippen LogP contribution in [0.1, 0.15) is 36.0 Å². The van der Waals surface area contributed by atoms with Crippen LogP contribution in [0.3, 0.4) is 0 Å². The summed E-state index contributed by atoms with van der Waals surface area (Å²) in [4.78, 5) is 27.9. The first-order valence-electron chi connectivity index (χ1n) is 7.83. The third-order valence-corrected chi connectivity index (χ3v) is 3.86. The van der Waals surface area contributed by atoms with Gasteiger partial charge in [-0.3, -0.25) is 19.3 Å². The molecule has 2 rings (SSSR count). The van der Waals surface area contributed by atoms with E-state index in [-0.39, 0.29) is 11.5 Å². The number of carbonyl (C=O) groups excluding carboxylic acids is 1. The molecule has 124 valence electrons. The number of amides is 1. The van der Waals surface area contributed by atoms with Gasteiger partial charge in [0.1, 0.15) is 0 Å². The molecule has 0 atom stereocenters. The van der Waals surface area contributed by atoms with Crippen LogP contribution in [0.2, 0.25) is 0 Å². The standard InChI is InChI=1S/C16H23N5O2/c1-4-13-9-16(23)21(10-18-13)8-7-17-15(22)6-5-14-11(2)19-20-12(14)3/h9-10H,4-8H2,1-3H3,(H,17,22)(H,19,20). The van der Waals surface area contributed by atoms with Crippen molar-refractivity contribution in [3.8, 4) is 0 Å². The van der Waals surface area contributed by atoms with Crippen LogP contribution >= 0.6 is 0 Å². The monoisotopic (exact) mass is 317 g/mol. The second-order valence-corrected chi connectivity index (χ2v) is 5.53. The maximum Gasteiger partial charge on any atom is 0.253 e. The zero-order chi connectivity index (χ0) is 16.8. The van der Waals surface area contributed by atoms with Crippen molar-refractivity contribution in [2.45, 2.75) is 46.6 Å². The van der Waals surface area contributed by atoms with Gasteiger partial charge in [0.15, 0.2) is 0 Å². The molecule has 0 aliphatic carbocycles. The Hall–Kier alpha value is -2.44. The first kappa shape index (κ1) is 16.9. The van der Waals surface area contributed by atoms with Crippen molar-refractivity contribution in [1.29, 1.82) is 0 Å². The maximum atomic E-state index is 11.9. The number of rotatable bonds is 7. The lowest BCUT2D eigenvalue weighted by molar-refractivity contribution is -0.121. The molecule has 0 unspecified atom stereocenters. The van der Waals surface area contributed by atoms with Crippen LogP contribution in [-0.2, 0) is 24.2 Å². The molecule has 0 spiro atoms. The van der Waals surface area contributed by atoms with Gasteiger partial charge in [-0.05, 0) is 32.3 Å². The quantitative estimate of drug-likeness (QED) is 0.793. The van der Waals surface area contributed by atoms with Crippen LogP contribution in [0.15, 0.2) is 17.2 Å². The second-order valence-electron chi connectivity index (χ2n) is 5.53. The van der Waals surface area contributed by atoms with Gasteiger partial charge < -0.3 is 5.32 Å². The molecule has 0 aliphatic heterocycles. The van der Waals surface area contributed by atoms with Crippen molar-refractivity contribution in [1.82, 2.24) is 25.1 Å². The van der Waals surface area contributed by atoms with Gasteiger partial charge in [0.05, 0.1) is 12.0 Å². The van der Waals surface area contributed by atoms with Gasteiger partial charge in [0, 0.05) is 37.0 Å². The van der Waals surface area contributed by atoms with Crippen LogP contribution in [0.4, 0.5) is 0 Å². The van der Waals surface area contributed by atoms with Gasteiger partial charge in [0.2, 0.25) is 5.91 Å². The van der Waals surface area contributed by atoms with Crippen molar-refractivity contribution in [2.24, 2.45) is 0 Å². The number of aromatic nitrogens is 4. The summed E-state index contributed by atoms with van der Waals surface area (Å²) in [5.41, 5.74) is 3.72. The molecule has 23 heavy (non-hydrogen) atoms. The van der Waals surface area contributed by atoms with Crippen LogP contribution < -0.4 is 10.9 Å². The highest BCUT2D eigenvalue weighted by Crippen LogP contribution is 2.11. The molecule has 7 heteroatoms. The number of nitrogens with zero attached hydrogens (tertiary/aromatic N) is 3. The second kappa shape index (κ2) is 7.71. The lowest BCUT2D eigenvalue weighted by Crippen LogP contribution is -2.31. The minimum atomic E-state index is -0.0873. The molecule has 2 aromatic heterocycles. The SMILES string of the molecule is CCc1cc(=O)n(CCNC(=O)CCc2c(C)n[nH]c2C)cn1. The number of nitrogens with one attached hydrogen (secondary N) is 2. The Labute approximate surface area is 135 Å². The summed E-state index contributed by atoms with van der Waals surface area (Å²) in [6, 6.07) is 1.53. The Morgan fingerprint density at radius 1 is 1.39 bits per heavy atom. The molecular formula is C16H23N5O2. The normalized spacial score (nSPS) is 10.7. The molecule has 0 aromatic carbocycles. The molecule has 0 saturated heterocycles. The number of carbonyl (C=O) groups is 1. The fraction of sp³-hybridized carbons (Fsp3) is 0.500. The Bertz CT molecular complexity index is 713. The van der Waals surface area contributed by atoms with Gasteiger partial charge in [-0.1, -0.05) is 6.92 Å². The summed E-state index contributed by atoms with van der Waals surface area (Å²) in [7, 11) is 0. The van der Waals surface area contributed by atoms with Crippen molar-refractivity contribution >= 4 is 5.91 Å². The lowest BCUT2D eigenvalue weighted by atomic mass is 10.1.